The van der Waals surface area contributed by atoms with Gasteiger partial charge in [0, 0.05) is 16.1 Å². The predicted octanol–water partition coefficient (Wildman–Crippen LogP) is 6.34. The van der Waals surface area contributed by atoms with Crippen LogP contribution in [0.3, 0.4) is 0 Å². The van der Waals surface area contributed by atoms with Crippen LogP contribution in [0.5, 0.6) is 11.5 Å². The summed E-state index contributed by atoms with van der Waals surface area (Å²) in [5.41, 5.74) is 0.746. The zero-order valence-corrected chi connectivity index (χ0v) is 22.1. The second kappa shape index (κ2) is 10.8. The Morgan fingerprint density at radius 2 is 1.67 bits per heavy atom. The molecule has 0 aliphatic carbocycles. The first-order chi connectivity index (χ1) is 17.3. The molecule has 0 fully saturated rings. The van der Waals surface area contributed by atoms with E-state index in [4.69, 9.17) is 42.4 Å². The lowest BCUT2D eigenvalue weighted by Crippen LogP contribution is -2.43. The van der Waals surface area contributed by atoms with Gasteiger partial charge in [-0.1, -0.05) is 47.5 Å². The summed E-state index contributed by atoms with van der Waals surface area (Å²) in [6.07, 6.45) is -0.0870. The van der Waals surface area contributed by atoms with Crippen molar-refractivity contribution in [1.82, 2.24) is 5.32 Å². The molecular formula is C28H28Cl2N2O4. The number of amidine groups is 1. The van der Waals surface area contributed by atoms with Crippen molar-refractivity contribution in [3.63, 3.8) is 0 Å². The number of carbonyl (C=O) groups is 1. The summed E-state index contributed by atoms with van der Waals surface area (Å²) in [4.78, 5) is 18.8. The van der Waals surface area contributed by atoms with Gasteiger partial charge >= 0.3 is 5.97 Å². The molecule has 0 radical (unpaired) electrons. The Balaban J connectivity index is 1.96. The minimum absolute atomic E-state index is 0.0870. The maximum Gasteiger partial charge on any atom is 0.341 e. The Bertz CT molecular complexity index is 1260. The third-order valence-corrected chi connectivity index (χ3v) is 6.37. The molecule has 1 aliphatic rings. The second-order valence-corrected chi connectivity index (χ2v) is 9.48. The second-order valence-electron chi connectivity index (χ2n) is 8.61. The lowest BCUT2D eigenvalue weighted by molar-refractivity contribution is -0.150. The highest BCUT2D eigenvalue weighted by Crippen LogP contribution is 2.45. The molecule has 36 heavy (non-hydrogen) atoms. The third kappa shape index (κ3) is 5.01. The van der Waals surface area contributed by atoms with Gasteiger partial charge in [-0.3, -0.25) is 0 Å². The fourth-order valence-corrected chi connectivity index (χ4v) is 4.52. The van der Waals surface area contributed by atoms with Crippen LogP contribution in [0.4, 0.5) is 0 Å². The standard InChI is InChI=1S/C28H28Cl2N2O4/c1-5-35-27(33)28(19-8-12-21(30)13-9-19)25(18-6-10-20(29)11-7-18)31-26(32-28)23-15-14-22(34-4)16-24(23)36-17(2)3/h6-17,25H,5H2,1-4H3,(H,31,32)/t25-,28+/m1/s1. The average molecular weight is 527 g/mol. The summed E-state index contributed by atoms with van der Waals surface area (Å²) in [5, 5.41) is 4.64. The molecule has 0 spiro atoms. The number of halogens is 2. The van der Waals surface area contributed by atoms with Crippen LogP contribution in [0.25, 0.3) is 0 Å². The number of hydrogen-bond donors (Lipinski definition) is 1. The van der Waals surface area contributed by atoms with Crippen molar-refractivity contribution >= 4 is 35.0 Å². The fourth-order valence-electron chi connectivity index (χ4n) is 4.27. The smallest absolute Gasteiger partial charge is 0.341 e. The van der Waals surface area contributed by atoms with Gasteiger partial charge in [-0.25, -0.2) is 9.79 Å². The molecule has 1 aliphatic heterocycles. The normalized spacial score (nSPS) is 19.0. The molecule has 0 amide bonds. The van der Waals surface area contributed by atoms with E-state index in [1.165, 1.54) is 0 Å². The summed E-state index contributed by atoms with van der Waals surface area (Å²) in [5.74, 6) is 1.25. The predicted molar refractivity (Wildman–Crippen MR) is 142 cm³/mol. The van der Waals surface area contributed by atoms with Crippen LogP contribution in [-0.2, 0) is 15.1 Å². The molecule has 0 bridgehead atoms. The molecule has 188 valence electrons. The van der Waals surface area contributed by atoms with Gasteiger partial charge in [-0.2, -0.15) is 0 Å². The lowest BCUT2D eigenvalue weighted by atomic mass is 9.80. The number of esters is 1. The van der Waals surface area contributed by atoms with E-state index in [9.17, 15) is 4.79 Å². The van der Waals surface area contributed by atoms with Crippen LogP contribution in [0.2, 0.25) is 10.0 Å². The number of aliphatic imine (C=N–C) groups is 1. The number of methoxy groups -OCH3 is 1. The largest absolute Gasteiger partial charge is 0.497 e. The van der Waals surface area contributed by atoms with E-state index in [0.29, 0.717) is 38.5 Å². The topological polar surface area (TPSA) is 69.2 Å². The number of ether oxygens (including phenoxy) is 3. The molecule has 0 aromatic heterocycles. The van der Waals surface area contributed by atoms with Gasteiger partial charge in [0.15, 0.2) is 0 Å². The molecule has 0 saturated carbocycles. The molecule has 3 aromatic carbocycles. The fraction of sp³-hybridized carbons (Fsp3) is 0.286. The SMILES string of the molecule is CCOC(=O)[C@@]1(c2ccc(Cl)cc2)N=C(c2ccc(OC)cc2OC(C)C)N[C@@H]1c1ccc(Cl)cc1. The first-order valence-electron chi connectivity index (χ1n) is 11.7. The summed E-state index contributed by atoms with van der Waals surface area (Å²) in [6, 6.07) is 19.3. The average Bonchev–Trinajstić information content (AvgIpc) is 3.26. The molecule has 0 saturated heterocycles. The quantitative estimate of drug-likeness (QED) is 0.347. The van der Waals surface area contributed by atoms with Crippen LogP contribution in [-0.4, -0.2) is 31.6 Å². The van der Waals surface area contributed by atoms with Gasteiger partial charge in [0.1, 0.15) is 17.3 Å². The Morgan fingerprint density at radius 1 is 1.03 bits per heavy atom. The van der Waals surface area contributed by atoms with Crippen molar-refractivity contribution in [2.45, 2.75) is 38.5 Å². The van der Waals surface area contributed by atoms with Gasteiger partial charge in [0.25, 0.3) is 0 Å². The van der Waals surface area contributed by atoms with Crippen molar-refractivity contribution in [2.24, 2.45) is 4.99 Å². The number of hydrogen-bond acceptors (Lipinski definition) is 6. The monoisotopic (exact) mass is 526 g/mol. The summed E-state index contributed by atoms with van der Waals surface area (Å²) in [7, 11) is 1.60. The van der Waals surface area contributed by atoms with E-state index in [-0.39, 0.29) is 12.7 Å². The maximum atomic E-state index is 13.8. The Morgan fingerprint density at radius 3 is 2.25 bits per heavy atom. The molecule has 1 heterocycles. The molecule has 2 atom stereocenters. The minimum atomic E-state index is -1.42. The molecule has 3 aromatic rings. The van der Waals surface area contributed by atoms with Gasteiger partial charge in [0.2, 0.25) is 5.54 Å². The van der Waals surface area contributed by atoms with Crippen LogP contribution < -0.4 is 14.8 Å². The molecule has 0 unspecified atom stereocenters. The zero-order valence-electron chi connectivity index (χ0n) is 20.5. The van der Waals surface area contributed by atoms with E-state index in [1.54, 1.807) is 50.4 Å². The van der Waals surface area contributed by atoms with Crippen molar-refractivity contribution in [3.8, 4) is 11.5 Å². The van der Waals surface area contributed by atoms with Crippen molar-refractivity contribution < 1.29 is 19.0 Å². The lowest BCUT2D eigenvalue weighted by Gasteiger charge is -2.31. The number of nitrogens with one attached hydrogen (secondary N) is 1. The molecule has 8 heteroatoms. The van der Waals surface area contributed by atoms with Gasteiger partial charge in [0.05, 0.1) is 31.4 Å². The van der Waals surface area contributed by atoms with Gasteiger partial charge in [-0.05, 0) is 68.3 Å². The maximum absolute atomic E-state index is 13.8. The van der Waals surface area contributed by atoms with E-state index < -0.39 is 17.6 Å². The van der Waals surface area contributed by atoms with E-state index in [0.717, 1.165) is 5.56 Å². The molecule has 1 N–H and O–H groups in total. The Hall–Kier alpha value is -3.22. The highest BCUT2D eigenvalue weighted by atomic mass is 35.5. The molecule has 6 nitrogen and oxygen atoms in total. The number of rotatable bonds is 8. The van der Waals surface area contributed by atoms with Crippen LogP contribution in [0.15, 0.2) is 71.7 Å². The first kappa shape index (κ1) is 25.9. The molecule has 4 rings (SSSR count). The Labute approximate surface area is 221 Å². The van der Waals surface area contributed by atoms with Gasteiger partial charge < -0.3 is 19.5 Å². The van der Waals surface area contributed by atoms with Crippen molar-refractivity contribution in [2.75, 3.05) is 13.7 Å². The van der Waals surface area contributed by atoms with Crippen molar-refractivity contribution in [1.29, 1.82) is 0 Å². The van der Waals surface area contributed by atoms with Crippen LogP contribution in [0.1, 0.15) is 43.5 Å². The van der Waals surface area contributed by atoms with E-state index >= 15 is 0 Å². The summed E-state index contributed by atoms with van der Waals surface area (Å²) >= 11 is 12.4. The van der Waals surface area contributed by atoms with Crippen LogP contribution in [0, 0.1) is 0 Å². The summed E-state index contributed by atoms with van der Waals surface area (Å²) < 4.78 is 17.1. The number of carbonyl (C=O) groups excluding carboxylic acids is 1. The summed E-state index contributed by atoms with van der Waals surface area (Å²) in [6.45, 7) is 5.87. The first-order valence-corrected chi connectivity index (χ1v) is 12.4. The Kier molecular flexibility index (Phi) is 7.76. The highest BCUT2D eigenvalue weighted by Gasteiger charge is 2.54. The van der Waals surface area contributed by atoms with Crippen molar-refractivity contribution in [3.05, 3.63) is 93.5 Å². The minimum Gasteiger partial charge on any atom is -0.497 e. The van der Waals surface area contributed by atoms with E-state index in [1.807, 2.05) is 44.2 Å². The zero-order chi connectivity index (χ0) is 25.9. The number of benzene rings is 3. The van der Waals surface area contributed by atoms with Crippen LogP contribution >= 0.6 is 23.2 Å². The highest BCUT2D eigenvalue weighted by molar-refractivity contribution is 6.30. The van der Waals surface area contributed by atoms with E-state index in [2.05, 4.69) is 5.32 Å². The van der Waals surface area contributed by atoms with Gasteiger partial charge in [-0.15, -0.1) is 0 Å². The third-order valence-electron chi connectivity index (χ3n) is 5.87. The molecular weight excluding hydrogens is 499 g/mol. The number of nitrogens with zero attached hydrogens (tertiary/aromatic N) is 1.